The van der Waals surface area contributed by atoms with Gasteiger partial charge in [-0.05, 0) is 53.8 Å². The van der Waals surface area contributed by atoms with Gasteiger partial charge >= 0.3 is 5.63 Å². The largest absolute Gasteiger partial charge is 0.493 e. The molecule has 0 aliphatic carbocycles. The van der Waals surface area contributed by atoms with Crippen LogP contribution in [0.15, 0.2) is 82.0 Å². The SMILES string of the molecule is O=c1oc2cc(OCCCN3CCN(Cc4ccc(Cl)cc4)CC3)ccc2c(Cc2ccccc2)c1CO. The van der Waals surface area contributed by atoms with E-state index in [-0.39, 0.29) is 6.61 Å². The van der Waals surface area contributed by atoms with Gasteiger partial charge < -0.3 is 19.2 Å². The van der Waals surface area contributed by atoms with Crippen LogP contribution in [0, 0.1) is 0 Å². The van der Waals surface area contributed by atoms with Crippen molar-refractivity contribution in [3.63, 3.8) is 0 Å². The number of fused-ring (bicyclic) bond motifs is 1. The van der Waals surface area contributed by atoms with Crippen molar-refractivity contribution in [2.24, 2.45) is 0 Å². The van der Waals surface area contributed by atoms with E-state index in [4.69, 9.17) is 20.8 Å². The van der Waals surface area contributed by atoms with Crippen LogP contribution in [-0.4, -0.2) is 54.2 Å². The fourth-order valence-electron chi connectivity index (χ4n) is 5.03. The summed E-state index contributed by atoms with van der Waals surface area (Å²) in [5.74, 6) is 0.677. The lowest BCUT2D eigenvalue weighted by atomic mass is 9.97. The number of rotatable bonds is 10. The molecular formula is C31H33ClN2O4. The molecule has 0 unspecified atom stereocenters. The van der Waals surface area contributed by atoms with E-state index in [9.17, 15) is 9.90 Å². The minimum Gasteiger partial charge on any atom is -0.493 e. The van der Waals surface area contributed by atoms with E-state index in [0.717, 1.165) is 67.2 Å². The van der Waals surface area contributed by atoms with Crippen LogP contribution in [0.5, 0.6) is 5.75 Å². The van der Waals surface area contributed by atoms with Crippen molar-refractivity contribution in [2.45, 2.75) is 26.0 Å². The maximum atomic E-state index is 12.6. The third kappa shape index (κ3) is 6.63. The molecular weight excluding hydrogens is 500 g/mol. The molecule has 5 rings (SSSR count). The predicted octanol–water partition coefficient (Wildman–Crippen LogP) is 5.12. The standard InChI is InChI=1S/C31H33ClN2O4/c32-25-9-7-24(8-10-25)21-34-16-14-33(15-17-34)13-4-18-37-26-11-12-27-28(19-23-5-2-1-3-6-23)29(22-35)31(36)38-30(27)20-26/h1-3,5-12,20,35H,4,13-19,21-22H2. The maximum Gasteiger partial charge on any atom is 0.342 e. The lowest BCUT2D eigenvalue weighted by molar-refractivity contribution is 0.121. The maximum absolute atomic E-state index is 12.6. The van der Waals surface area contributed by atoms with Gasteiger partial charge in [-0.3, -0.25) is 4.90 Å². The van der Waals surface area contributed by atoms with E-state index in [1.165, 1.54) is 5.56 Å². The van der Waals surface area contributed by atoms with Crippen LogP contribution in [0.2, 0.25) is 5.02 Å². The van der Waals surface area contributed by atoms with Crippen LogP contribution in [-0.2, 0) is 19.6 Å². The Labute approximate surface area is 228 Å². The fraction of sp³-hybridized carbons (Fsp3) is 0.323. The Bertz CT molecular complexity index is 1400. The summed E-state index contributed by atoms with van der Waals surface area (Å²) in [6, 6.07) is 23.6. The Morgan fingerprint density at radius 1 is 0.868 bits per heavy atom. The number of aliphatic hydroxyl groups excluding tert-OH is 1. The van der Waals surface area contributed by atoms with Gasteiger partial charge in [0.25, 0.3) is 0 Å². The van der Waals surface area contributed by atoms with Crippen LogP contribution in [0.4, 0.5) is 0 Å². The molecule has 0 saturated carbocycles. The molecule has 0 radical (unpaired) electrons. The van der Waals surface area contributed by atoms with Gasteiger partial charge in [0.1, 0.15) is 11.3 Å². The molecule has 1 saturated heterocycles. The minimum absolute atomic E-state index is 0.309. The number of hydrogen-bond acceptors (Lipinski definition) is 6. The molecule has 4 aromatic rings. The highest BCUT2D eigenvalue weighted by Crippen LogP contribution is 2.27. The zero-order valence-corrected chi connectivity index (χ0v) is 22.2. The molecule has 1 aliphatic heterocycles. The van der Waals surface area contributed by atoms with Gasteiger partial charge in [-0.15, -0.1) is 0 Å². The third-order valence-corrected chi connectivity index (χ3v) is 7.40. The molecule has 0 bridgehead atoms. The van der Waals surface area contributed by atoms with Crippen LogP contribution >= 0.6 is 11.6 Å². The van der Waals surface area contributed by atoms with Crippen LogP contribution < -0.4 is 10.4 Å². The Balaban J connectivity index is 1.13. The highest BCUT2D eigenvalue weighted by atomic mass is 35.5. The topological polar surface area (TPSA) is 66.2 Å². The van der Waals surface area contributed by atoms with Crippen molar-refractivity contribution in [3.05, 3.63) is 110 Å². The molecule has 6 nitrogen and oxygen atoms in total. The van der Waals surface area contributed by atoms with Gasteiger partial charge in [0.15, 0.2) is 0 Å². The van der Waals surface area contributed by atoms with E-state index in [0.29, 0.717) is 29.9 Å². The Kier molecular flexibility index (Phi) is 8.76. The van der Waals surface area contributed by atoms with Crippen molar-refractivity contribution in [1.29, 1.82) is 0 Å². The second kappa shape index (κ2) is 12.6. The van der Waals surface area contributed by atoms with Crippen molar-refractivity contribution in [1.82, 2.24) is 9.80 Å². The van der Waals surface area contributed by atoms with Crippen LogP contribution in [0.3, 0.4) is 0 Å². The number of hydrogen-bond donors (Lipinski definition) is 1. The molecule has 1 aromatic heterocycles. The number of benzene rings is 3. The Morgan fingerprint density at radius 3 is 2.34 bits per heavy atom. The summed E-state index contributed by atoms with van der Waals surface area (Å²) in [5.41, 5.74) is 3.45. The Hall–Kier alpha value is -3.16. The summed E-state index contributed by atoms with van der Waals surface area (Å²) in [7, 11) is 0. The molecule has 1 aliphatic rings. The first-order valence-corrected chi connectivity index (χ1v) is 13.5. The van der Waals surface area contributed by atoms with Gasteiger partial charge in [-0.2, -0.15) is 0 Å². The van der Waals surface area contributed by atoms with Crippen molar-refractivity contribution in [3.8, 4) is 5.75 Å². The van der Waals surface area contributed by atoms with E-state index < -0.39 is 5.63 Å². The second-order valence-electron chi connectivity index (χ2n) is 9.77. The molecule has 2 heterocycles. The van der Waals surface area contributed by atoms with Gasteiger partial charge in [0.2, 0.25) is 0 Å². The highest BCUT2D eigenvalue weighted by molar-refractivity contribution is 6.30. The van der Waals surface area contributed by atoms with Gasteiger partial charge in [0.05, 0.1) is 18.8 Å². The number of halogens is 1. The highest BCUT2D eigenvalue weighted by Gasteiger charge is 2.17. The molecule has 1 fully saturated rings. The van der Waals surface area contributed by atoms with E-state index in [1.54, 1.807) is 6.07 Å². The van der Waals surface area contributed by atoms with Crippen molar-refractivity contribution >= 4 is 22.6 Å². The molecule has 0 spiro atoms. The Morgan fingerprint density at radius 2 is 1.61 bits per heavy atom. The first-order chi connectivity index (χ1) is 18.6. The summed E-state index contributed by atoms with van der Waals surface area (Å²) in [6.07, 6.45) is 1.47. The second-order valence-corrected chi connectivity index (χ2v) is 10.2. The fourth-order valence-corrected chi connectivity index (χ4v) is 5.16. The van der Waals surface area contributed by atoms with Crippen molar-refractivity contribution in [2.75, 3.05) is 39.3 Å². The third-order valence-electron chi connectivity index (χ3n) is 7.15. The van der Waals surface area contributed by atoms with Gasteiger partial charge in [0, 0.05) is 55.7 Å². The molecule has 38 heavy (non-hydrogen) atoms. The minimum atomic E-state index is -0.502. The normalized spacial score (nSPS) is 14.7. The average Bonchev–Trinajstić information content (AvgIpc) is 2.94. The van der Waals surface area contributed by atoms with Gasteiger partial charge in [-0.25, -0.2) is 4.79 Å². The average molecular weight is 533 g/mol. The van der Waals surface area contributed by atoms with Crippen LogP contribution in [0.25, 0.3) is 11.0 Å². The van der Waals surface area contributed by atoms with E-state index in [1.807, 2.05) is 54.6 Å². The number of ether oxygens (including phenoxy) is 1. The number of aliphatic hydroxyl groups is 1. The molecule has 7 heteroatoms. The summed E-state index contributed by atoms with van der Waals surface area (Å²) in [4.78, 5) is 17.5. The number of piperazine rings is 1. The van der Waals surface area contributed by atoms with E-state index >= 15 is 0 Å². The molecule has 3 aromatic carbocycles. The zero-order valence-electron chi connectivity index (χ0n) is 21.4. The monoisotopic (exact) mass is 532 g/mol. The summed E-state index contributed by atoms with van der Waals surface area (Å²) in [6.45, 7) is 6.37. The zero-order chi connectivity index (χ0) is 26.3. The van der Waals surface area contributed by atoms with Gasteiger partial charge in [-0.1, -0.05) is 54.1 Å². The molecule has 198 valence electrons. The summed E-state index contributed by atoms with van der Waals surface area (Å²) >= 11 is 5.99. The first kappa shape index (κ1) is 26.4. The lowest BCUT2D eigenvalue weighted by Crippen LogP contribution is -2.46. The van der Waals surface area contributed by atoms with Crippen molar-refractivity contribution < 1.29 is 14.3 Å². The lowest BCUT2D eigenvalue weighted by Gasteiger charge is -2.34. The smallest absolute Gasteiger partial charge is 0.342 e. The first-order valence-electron chi connectivity index (χ1n) is 13.1. The number of nitrogens with zero attached hydrogens (tertiary/aromatic N) is 2. The summed E-state index contributed by atoms with van der Waals surface area (Å²) in [5, 5.41) is 11.4. The summed E-state index contributed by atoms with van der Waals surface area (Å²) < 4.78 is 11.6. The molecule has 0 atom stereocenters. The quantitative estimate of drug-likeness (QED) is 0.226. The predicted molar refractivity (Wildman–Crippen MR) is 151 cm³/mol. The van der Waals surface area contributed by atoms with Crippen LogP contribution in [0.1, 0.15) is 28.7 Å². The molecule has 1 N–H and O–H groups in total. The van der Waals surface area contributed by atoms with E-state index in [2.05, 4.69) is 21.9 Å². The molecule has 0 amide bonds.